The summed E-state index contributed by atoms with van der Waals surface area (Å²) in [7, 11) is -15.7. The molecular formula is C47H50N2O9S4. The molecule has 6 aromatic rings. The number of sulfonamides is 2. The summed E-state index contributed by atoms with van der Waals surface area (Å²) in [6, 6.07) is 34.8. The molecule has 6 rings (SSSR count). The lowest BCUT2D eigenvalue weighted by Gasteiger charge is -2.24. The highest BCUT2D eigenvalue weighted by molar-refractivity contribution is 7.92. The molecule has 11 nitrogen and oxygen atoms in total. The molecule has 0 bridgehead atoms. The number of hydrogen-bond acceptors (Lipinski definition) is 9. The summed E-state index contributed by atoms with van der Waals surface area (Å²) in [5.74, 6) is 0.723. The Morgan fingerprint density at radius 2 is 0.742 bits per heavy atom. The van der Waals surface area contributed by atoms with Gasteiger partial charge in [0, 0.05) is 37.3 Å². The van der Waals surface area contributed by atoms with E-state index in [-0.39, 0.29) is 73.1 Å². The van der Waals surface area contributed by atoms with Crippen LogP contribution in [0.15, 0.2) is 163 Å². The second kappa shape index (κ2) is 18.7. The monoisotopic (exact) mass is 914 g/mol. The SMILES string of the molecule is CCN(CC)S(=O)(=O)c1cc(C)ccc1-c1ccc(Cc2ccc(S(=O)(=O)c3ccc(Oc4ccc(S(=O)(=O)c5ccc(C)cc5)cc4)cc3)cc2)cc1S(=O)(=O)N(CC)CC. The topological polar surface area (TPSA) is 152 Å². The van der Waals surface area contributed by atoms with Crippen LogP contribution in [-0.4, -0.2) is 68.5 Å². The summed E-state index contributed by atoms with van der Waals surface area (Å²) < 4.78 is 118. The number of ether oxygens (including phenoxy) is 1. The Labute approximate surface area is 366 Å². The van der Waals surface area contributed by atoms with E-state index in [0.29, 0.717) is 17.1 Å². The normalized spacial score (nSPS) is 12.5. The van der Waals surface area contributed by atoms with Crippen molar-refractivity contribution in [2.45, 2.75) is 77.3 Å². The van der Waals surface area contributed by atoms with Gasteiger partial charge in [-0.25, -0.2) is 33.7 Å². The molecule has 0 spiro atoms. The van der Waals surface area contributed by atoms with Gasteiger partial charge in [0.1, 0.15) is 11.5 Å². The average Bonchev–Trinajstić information content (AvgIpc) is 3.25. The van der Waals surface area contributed by atoms with Crippen LogP contribution in [0.2, 0.25) is 0 Å². The van der Waals surface area contributed by atoms with Crippen molar-refractivity contribution in [3.8, 4) is 22.6 Å². The van der Waals surface area contributed by atoms with Gasteiger partial charge in [0.15, 0.2) is 0 Å². The van der Waals surface area contributed by atoms with Crippen LogP contribution in [0.25, 0.3) is 11.1 Å². The maximum atomic E-state index is 14.2. The van der Waals surface area contributed by atoms with Crippen LogP contribution < -0.4 is 4.74 Å². The molecule has 0 radical (unpaired) electrons. The minimum absolute atomic E-state index is 0.0201. The summed E-state index contributed by atoms with van der Waals surface area (Å²) in [5.41, 5.74) is 3.58. The van der Waals surface area contributed by atoms with Gasteiger partial charge in [-0.05, 0) is 122 Å². The first-order chi connectivity index (χ1) is 29.4. The molecule has 0 fully saturated rings. The minimum Gasteiger partial charge on any atom is -0.457 e. The Morgan fingerprint density at radius 1 is 0.403 bits per heavy atom. The van der Waals surface area contributed by atoms with Gasteiger partial charge in [-0.1, -0.05) is 81.8 Å². The molecule has 0 saturated heterocycles. The first-order valence-corrected chi connectivity index (χ1v) is 26.0. The number of nitrogens with zero attached hydrogens (tertiary/aromatic N) is 2. The van der Waals surface area contributed by atoms with E-state index in [4.69, 9.17) is 4.74 Å². The van der Waals surface area contributed by atoms with Gasteiger partial charge in [-0.3, -0.25) is 0 Å². The fraction of sp³-hybridized carbons (Fsp3) is 0.234. The molecule has 0 unspecified atom stereocenters. The van der Waals surface area contributed by atoms with Crippen LogP contribution in [0.1, 0.15) is 49.9 Å². The standard InChI is InChI=1S/C47H50N2O9S4/c1-7-48(8-2)61(54,55)46-31-35(6)13-29-44(46)45-30-16-37(33-47(45)62(56,57)49(9-3)10-4)32-36-14-23-41(24-15-36)60(52,53)43-27-19-39(20-28-43)58-38-17-25-42(26-18-38)59(50,51)40-21-11-34(5)12-22-40/h11-31,33H,7-10,32H2,1-6H3. The molecular weight excluding hydrogens is 865 g/mol. The van der Waals surface area contributed by atoms with Crippen molar-refractivity contribution in [1.82, 2.24) is 8.61 Å². The lowest BCUT2D eigenvalue weighted by Crippen LogP contribution is -2.32. The Bertz CT molecular complexity index is 3000. The molecule has 6 aromatic carbocycles. The first-order valence-electron chi connectivity index (χ1n) is 20.1. The average molecular weight is 915 g/mol. The number of benzene rings is 6. The zero-order valence-electron chi connectivity index (χ0n) is 35.4. The van der Waals surface area contributed by atoms with Gasteiger partial charge < -0.3 is 4.74 Å². The largest absolute Gasteiger partial charge is 0.457 e. The highest BCUT2D eigenvalue weighted by Crippen LogP contribution is 2.37. The molecule has 0 aliphatic rings. The van der Waals surface area contributed by atoms with Crippen molar-refractivity contribution in [2.75, 3.05) is 26.2 Å². The van der Waals surface area contributed by atoms with Crippen molar-refractivity contribution in [3.63, 3.8) is 0 Å². The zero-order chi connectivity index (χ0) is 45.0. The quantitative estimate of drug-likeness (QED) is 0.0873. The molecule has 15 heteroatoms. The summed E-state index contributed by atoms with van der Waals surface area (Å²) in [6.07, 6.45) is 0.269. The third kappa shape index (κ3) is 9.58. The second-order valence-corrected chi connectivity index (χ2v) is 22.4. The van der Waals surface area contributed by atoms with Crippen molar-refractivity contribution < 1.29 is 38.4 Å². The molecule has 326 valence electrons. The fourth-order valence-electron chi connectivity index (χ4n) is 7.10. The van der Waals surface area contributed by atoms with Crippen LogP contribution in [0.3, 0.4) is 0 Å². The van der Waals surface area contributed by atoms with E-state index in [0.717, 1.165) is 16.7 Å². The molecule has 0 aliphatic carbocycles. The van der Waals surface area contributed by atoms with Gasteiger partial charge in [-0.15, -0.1) is 0 Å². The molecule has 0 N–H and O–H groups in total. The lowest BCUT2D eigenvalue weighted by molar-refractivity contribution is 0.443. The van der Waals surface area contributed by atoms with E-state index >= 15 is 0 Å². The smallest absolute Gasteiger partial charge is 0.243 e. The number of rotatable bonds is 17. The Hall–Kier alpha value is -5.16. The maximum absolute atomic E-state index is 14.2. The molecule has 0 aliphatic heterocycles. The van der Waals surface area contributed by atoms with Crippen LogP contribution >= 0.6 is 0 Å². The first kappa shape index (κ1) is 46.3. The van der Waals surface area contributed by atoms with E-state index in [1.165, 1.54) is 69.3 Å². The Balaban J connectivity index is 1.23. The van der Waals surface area contributed by atoms with E-state index < -0.39 is 39.7 Å². The maximum Gasteiger partial charge on any atom is 0.243 e. The highest BCUT2D eigenvalue weighted by Gasteiger charge is 2.31. The van der Waals surface area contributed by atoms with Crippen molar-refractivity contribution in [2.24, 2.45) is 0 Å². The van der Waals surface area contributed by atoms with Crippen LogP contribution in [0.5, 0.6) is 11.5 Å². The zero-order valence-corrected chi connectivity index (χ0v) is 38.7. The molecule has 0 heterocycles. The molecule has 0 aromatic heterocycles. The predicted octanol–water partition coefficient (Wildman–Crippen LogP) is 9.08. The van der Waals surface area contributed by atoms with Gasteiger partial charge in [0.2, 0.25) is 39.7 Å². The van der Waals surface area contributed by atoms with Crippen LogP contribution in [-0.2, 0) is 46.1 Å². The minimum atomic E-state index is -4.08. The molecule has 0 amide bonds. The predicted molar refractivity (Wildman–Crippen MR) is 241 cm³/mol. The Morgan fingerprint density at radius 3 is 1.16 bits per heavy atom. The lowest BCUT2D eigenvalue weighted by atomic mass is 9.99. The van der Waals surface area contributed by atoms with E-state index in [1.54, 1.807) is 107 Å². The van der Waals surface area contributed by atoms with E-state index in [9.17, 15) is 33.7 Å². The second-order valence-electron chi connectivity index (χ2n) is 14.7. The van der Waals surface area contributed by atoms with Crippen molar-refractivity contribution in [1.29, 1.82) is 0 Å². The van der Waals surface area contributed by atoms with Gasteiger partial charge in [-0.2, -0.15) is 8.61 Å². The third-order valence-electron chi connectivity index (χ3n) is 10.6. The number of aryl methyl sites for hydroxylation is 2. The van der Waals surface area contributed by atoms with Gasteiger partial charge in [0.05, 0.1) is 29.4 Å². The number of hydrogen-bond donors (Lipinski definition) is 0. The van der Waals surface area contributed by atoms with Crippen molar-refractivity contribution in [3.05, 3.63) is 156 Å². The van der Waals surface area contributed by atoms with E-state index in [2.05, 4.69) is 0 Å². The molecule has 62 heavy (non-hydrogen) atoms. The summed E-state index contributed by atoms with van der Waals surface area (Å²) in [6.45, 7) is 11.6. The molecule has 0 saturated carbocycles. The summed E-state index contributed by atoms with van der Waals surface area (Å²) >= 11 is 0. The Kier molecular flexibility index (Phi) is 14.0. The fourth-order valence-corrected chi connectivity index (χ4v) is 13.1. The molecule has 0 atom stereocenters. The van der Waals surface area contributed by atoms with Crippen LogP contribution in [0.4, 0.5) is 0 Å². The van der Waals surface area contributed by atoms with Crippen LogP contribution in [0, 0.1) is 13.8 Å². The highest BCUT2D eigenvalue weighted by atomic mass is 32.2. The van der Waals surface area contributed by atoms with Gasteiger partial charge >= 0.3 is 0 Å². The summed E-state index contributed by atoms with van der Waals surface area (Å²) in [5, 5.41) is 0. The van der Waals surface area contributed by atoms with Gasteiger partial charge in [0.25, 0.3) is 0 Å². The third-order valence-corrected chi connectivity index (χ3v) is 18.3. The van der Waals surface area contributed by atoms with Crippen molar-refractivity contribution >= 4 is 39.7 Å². The number of sulfone groups is 2. The summed E-state index contributed by atoms with van der Waals surface area (Å²) in [4.78, 5) is 0.410. The van der Waals surface area contributed by atoms with E-state index in [1.807, 2.05) is 6.92 Å².